The lowest BCUT2D eigenvalue weighted by Gasteiger charge is -2.23. The van der Waals surface area contributed by atoms with Crippen molar-refractivity contribution < 1.29 is 48.3 Å². The van der Waals surface area contributed by atoms with E-state index in [0.29, 0.717) is 25.7 Å². The largest absolute Gasteiger partial charge is 0.481 e. The van der Waals surface area contributed by atoms with Crippen LogP contribution in [0.1, 0.15) is 38.5 Å². The van der Waals surface area contributed by atoms with Crippen LogP contribution in [0.25, 0.3) is 0 Å². The minimum Gasteiger partial charge on any atom is -0.481 e. The fourth-order valence-electron chi connectivity index (χ4n) is 2.41. The summed E-state index contributed by atoms with van der Waals surface area (Å²) in [7, 11) is 0. The number of aliphatic carboxylic acids is 1. The van der Waals surface area contributed by atoms with E-state index in [4.69, 9.17) is 9.84 Å². The predicted octanol–water partition coefficient (Wildman–Crippen LogP) is 0.931. The Labute approximate surface area is 155 Å². The number of hydrogen-bond acceptors (Lipinski definition) is 9. The van der Waals surface area contributed by atoms with Gasteiger partial charge in [0.2, 0.25) is 0 Å². The lowest BCUT2D eigenvalue weighted by molar-refractivity contribution is -0.263. The Balaban J connectivity index is 2.13. The molecule has 0 aromatic heterocycles. The molecule has 0 aliphatic heterocycles. The first-order valence-corrected chi connectivity index (χ1v) is 8.42. The molecule has 10 heteroatoms. The van der Waals surface area contributed by atoms with Gasteiger partial charge >= 0.3 is 29.8 Å². The molecular weight excluding hydrogens is 364 g/mol. The Morgan fingerprint density at radius 1 is 0.852 bits per heavy atom. The Kier molecular flexibility index (Phi) is 9.55. The van der Waals surface area contributed by atoms with E-state index in [1.807, 2.05) is 0 Å². The van der Waals surface area contributed by atoms with Crippen molar-refractivity contribution in [2.24, 2.45) is 11.8 Å². The minimum atomic E-state index is -0.919. The summed E-state index contributed by atoms with van der Waals surface area (Å²) in [6.45, 7) is 2.90. The van der Waals surface area contributed by atoms with E-state index >= 15 is 0 Å². The van der Waals surface area contributed by atoms with E-state index in [1.54, 1.807) is 0 Å². The number of esters is 2. The fourth-order valence-corrected chi connectivity index (χ4v) is 2.41. The van der Waals surface area contributed by atoms with Gasteiger partial charge in [-0.05, 0) is 25.7 Å². The van der Waals surface area contributed by atoms with Crippen LogP contribution in [-0.4, -0.2) is 48.2 Å². The van der Waals surface area contributed by atoms with Gasteiger partial charge in [0, 0.05) is 6.08 Å². The van der Waals surface area contributed by atoms with Crippen molar-refractivity contribution in [2.45, 2.75) is 38.5 Å². The summed E-state index contributed by atoms with van der Waals surface area (Å²) in [4.78, 5) is 65.1. The number of ether oxygens (including phenoxy) is 2. The van der Waals surface area contributed by atoms with Crippen LogP contribution in [0.4, 0.5) is 0 Å². The van der Waals surface area contributed by atoms with Gasteiger partial charge in [0.15, 0.2) is 0 Å². The number of carbonyl (C=O) groups is 5. The average molecular weight is 386 g/mol. The van der Waals surface area contributed by atoms with Crippen LogP contribution >= 0.6 is 0 Å². The maximum absolute atomic E-state index is 11.8. The molecule has 1 N–H and O–H groups in total. The lowest BCUT2D eigenvalue weighted by atomic mass is 9.82. The second-order valence-electron chi connectivity index (χ2n) is 5.84. The second kappa shape index (κ2) is 11.7. The van der Waals surface area contributed by atoms with E-state index < -0.39 is 41.7 Å². The number of carboxylic acids is 1. The molecule has 0 aromatic rings. The van der Waals surface area contributed by atoms with Gasteiger partial charge in [-0.1, -0.05) is 6.58 Å². The Morgan fingerprint density at radius 3 is 2.00 bits per heavy atom. The normalized spacial score (nSPS) is 18.7. The van der Waals surface area contributed by atoms with Gasteiger partial charge in [-0.15, -0.1) is 0 Å². The first-order chi connectivity index (χ1) is 12.8. The third-order valence-corrected chi connectivity index (χ3v) is 3.92. The number of carbonyl (C=O) groups excluding carboxylic acids is 4. The number of carboxylic acid groups (broad SMARTS) is 1. The summed E-state index contributed by atoms with van der Waals surface area (Å²) in [6.07, 6.45) is 1.72. The maximum Gasteiger partial charge on any atom is 0.358 e. The van der Waals surface area contributed by atoms with E-state index in [2.05, 4.69) is 21.1 Å². The highest BCUT2D eigenvalue weighted by Gasteiger charge is 2.31. The van der Waals surface area contributed by atoms with Crippen LogP contribution < -0.4 is 0 Å². The zero-order chi connectivity index (χ0) is 20.2. The van der Waals surface area contributed by atoms with Gasteiger partial charge in [-0.2, -0.15) is 0 Å². The molecule has 27 heavy (non-hydrogen) atoms. The van der Waals surface area contributed by atoms with Crippen LogP contribution in [0, 0.1) is 11.8 Å². The van der Waals surface area contributed by atoms with Crippen molar-refractivity contribution in [2.75, 3.05) is 13.2 Å². The van der Waals surface area contributed by atoms with Crippen molar-refractivity contribution in [3.8, 4) is 0 Å². The molecule has 0 atom stereocenters. The summed E-state index contributed by atoms with van der Waals surface area (Å²) >= 11 is 0. The number of rotatable bonds is 9. The highest BCUT2D eigenvalue weighted by atomic mass is 17.2. The fraction of sp³-hybridized carbons (Fsp3) is 0.588. The van der Waals surface area contributed by atoms with Crippen molar-refractivity contribution in [3.05, 3.63) is 12.7 Å². The molecule has 1 saturated carbocycles. The lowest BCUT2D eigenvalue weighted by Crippen LogP contribution is -2.27. The standard InChI is InChI=1S/C17H22O10/c1-2-13(18)24-9-10-25-14(19)7-8-15(20)26-27-17(23)12-5-3-11(4-6-12)16(21)22/h2,11-12H,1,3-10H2,(H,21,22)/t11-,12-. The van der Waals surface area contributed by atoms with E-state index in [0.717, 1.165) is 6.08 Å². The second-order valence-corrected chi connectivity index (χ2v) is 5.84. The van der Waals surface area contributed by atoms with Crippen molar-refractivity contribution in [3.63, 3.8) is 0 Å². The molecule has 10 nitrogen and oxygen atoms in total. The Bertz CT molecular complexity index is 574. The molecule has 0 heterocycles. The molecule has 1 fully saturated rings. The van der Waals surface area contributed by atoms with Gasteiger partial charge in [0.05, 0.1) is 24.7 Å². The summed E-state index contributed by atoms with van der Waals surface area (Å²) < 4.78 is 9.32. The van der Waals surface area contributed by atoms with Crippen LogP contribution in [0.5, 0.6) is 0 Å². The van der Waals surface area contributed by atoms with E-state index in [-0.39, 0.29) is 26.1 Å². The first kappa shape index (κ1) is 22.1. The Morgan fingerprint density at radius 2 is 1.41 bits per heavy atom. The zero-order valence-corrected chi connectivity index (χ0v) is 14.7. The summed E-state index contributed by atoms with van der Waals surface area (Å²) in [5.41, 5.74) is 0. The maximum atomic E-state index is 11.8. The van der Waals surface area contributed by atoms with Gasteiger partial charge in [0.1, 0.15) is 13.2 Å². The summed E-state index contributed by atoms with van der Waals surface area (Å²) in [6, 6.07) is 0. The summed E-state index contributed by atoms with van der Waals surface area (Å²) in [5.74, 6) is -4.89. The smallest absolute Gasteiger partial charge is 0.358 e. The monoisotopic (exact) mass is 386 g/mol. The van der Waals surface area contributed by atoms with Gasteiger partial charge in [0.25, 0.3) is 0 Å². The minimum absolute atomic E-state index is 0.136. The van der Waals surface area contributed by atoms with E-state index in [1.165, 1.54) is 0 Å². The van der Waals surface area contributed by atoms with Crippen molar-refractivity contribution >= 4 is 29.8 Å². The average Bonchev–Trinajstić information content (AvgIpc) is 2.67. The van der Waals surface area contributed by atoms with Gasteiger partial charge in [-0.3, -0.25) is 9.59 Å². The molecular formula is C17H22O10. The molecule has 0 unspecified atom stereocenters. The molecule has 0 amide bonds. The predicted molar refractivity (Wildman–Crippen MR) is 86.6 cm³/mol. The van der Waals surface area contributed by atoms with Crippen LogP contribution in [0.3, 0.4) is 0 Å². The molecule has 0 bridgehead atoms. The molecule has 150 valence electrons. The van der Waals surface area contributed by atoms with Crippen LogP contribution in [0.2, 0.25) is 0 Å². The number of hydrogen-bond donors (Lipinski definition) is 1. The zero-order valence-electron chi connectivity index (χ0n) is 14.7. The van der Waals surface area contributed by atoms with Crippen molar-refractivity contribution in [1.29, 1.82) is 0 Å². The molecule has 0 spiro atoms. The summed E-state index contributed by atoms with van der Waals surface area (Å²) in [5, 5.41) is 8.90. The molecule has 1 aliphatic carbocycles. The van der Waals surface area contributed by atoms with Crippen LogP contribution in [-0.2, 0) is 43.2 Å². The molecule has 0 radical (unpaired) electrons. The highest BCUT2D eigenvalue weighted by Crippen LogP contribution is 2.29. The highest BCUT2D eigenvalue weighted by molar-refractivity contribution is 5.81. The van der Waals surface area contributed by atoms with Crippen molar-refractivity contribution in [1.82, 2.24) is 0 Å². The third-order valence-electron chi connectivity index (χ3n) is 3.92. The van der Waals surface area contributed by atoms with E-state index in [9.17, 15) is 24.0 Å². The van der Waals surface area contributed by atoms with Crippen LogP contribution in [0.15, 0.2) is 12.7 Å². The first-order valence-electron chi connectivity index (χ1n) is 8.42. The molecule has 0 aromatic carbocycles. The molecule has 1 rings (SSSR count). The quantitative estimate of drug-likeness (QED) is 0.200. The topological polar surface area (TPSA) is 142 Å². The van der Waals surface area contributed by atoms with Gasteiger partial charge in [-0.25, -0.2) is 24.2 Å². The third kappa shape index (κ3) is 8.84. The molecule has 0 saturated heterocycles. The molecule has 1 aliphatic rings. The SMILES string of the molecule is C=CC(=O)OCCOC(=O)CCC(=O)OOC(=O)[C@H]1CC[C@H](C(=O)O)CC1. The Hall–Kier alpha value is -2.91. The van der Waals surface area contributed by atoms with Gasteiger partial charge < -0.3 is 14.6 Å².